The molecule has 3 N–H and O–H groups in total. The molecule has 0 aromatic carbocycles. The van der Waals surface area contributed by atoms with E-state index in [2.05, 4.69) is 27.0 Å². The van der Waals surface area contributed by atoms with Gasteiger partial charge in [-0.05, 0) is 52.5 Å². The molecule has 2 aromatic heterocycles. The lowest BCUT2D eigenvalue weighted by Gasteiger charge is -2.23. The van der Waals surface area contributed by atoms with E-state index < -0.39 is 0 Å². The highest BCUT2D eigenvalue weighted by Gasteiger charge is 2.20. The van der Waals surface area contributed by atoms with E-state index in [0.29, 0.717) is 17.7 Å². The second-order valence-electron chi connectivity index (χ2n) is 8.79. The summed E-state index contributed by atoms with van der Waals surface area (Å²) in [6, 6.07) is 0.637. The minimum absolute atomic E-state index is 0. The number of rotatable bonds is 13. The van der Waals surface area contributed by atoms with Crippen LogP contribution < -0.4 is 15.8 Å². The average molecular weight is 506 g/mol. The van der Waals surface area contributed by atoms with Crippen LogP contribution in [0.15, 0.2) is 0 Å². The molecule has 0 bridgehead atoms. The highest BCUT2D eigenvalue weighted by atomic mass is 35.5. The Bertz CT molecular complexity index is 812. The smallest absolute Gasteiger partial charge is 0.260 e. The Kier molecular flexibility index (Phi) is 14.0. The van der Waals surface area contributed by atoms with E-state index in [4.69, 9.17) is 20.2 Å². The van der Waals surface area contributed by atoms with Gasteiger partial charge in [0.1, 0.15) is 16.9 Å². The third kappa shape index (κ3) is 8.74. The predicted molar refractivity (Wildman–Crippen MR) is 139 cm³/mol. The second-order valence-corrected chi connectivity index (χ2v) is 8.79. The summed E-state index contributed by atoms with van der Waals surface area (Å²) in [5, 5.41) is 12.0. The molecule has 1 aliphatic rings. The lowest BCUT2D eigenvalue weighted by Crippen LogP contribution is -2.35. The SMILES string of the molecule is CCCCc1nc2c(N)nnc(OC(C)C)c2n1CCCCCCNC1CCOCC1.Cl.Cl. The first-order chi connectivity index (χ1) is 15.1. The number of fused-ring (bicyclic) bond motifs is 1. The monoisotopic (exact) mass is 504 g/mol. The van der Waals surface area contributed by atoms with Crippen LogP contribution >= 0.6 is 24.8 Å². The van der Waals surface area contributed by atoms with Crippen molar-refractivity contribution in [1.82, 2.24) is 25.1 Å². The standard InChI is InChI=1S/C23H40N6O2.2ClH/c1-4-5-10-19-26-20-21(23(31-17(2)3)28-27-22(20)24)29(19)14-9-7-6-8-13-25-18-11-15-30-16-12-18;;/h17-18,25H,4-16H2,1-3H3,(H2,24,27);2*1H. The van der Waals surface area contributed by atoms with E-state index in [1.165, 1.54) is 19.3 Å². The number of imidazole rings is 1. The van der Waals surface area contributed by atoms with E-state index in [1.807, 2.05) is 13.8 Å². The molecule has 10 heteroatoms. The van der Waals surface area contributed by atoms with Crippen LogP contribution in [-0.4, -0.2) is 51.7 Å². The van der Waals surface area contributed by atoms with Crippen molar-refractivity contribution < 1.29 is 9.47 Å². The lowest BCUT2D eigenvalue weighted by atomic mass is 10.1. The van der Waals surface area contributed by atoms with Crippen LogP contribution in [0, 0.1) is 0 Å². The molecule has 3 heterocycles. The summed E-state index contributed by atoms with van der Waals surface area (Å²) in [6.07, 6.45) is 10.2. The summed E-state index contributed by atoms with van der Waals surface area (Å²) >= 11 is 0. The van der Waals surface area contributed by atoms with Gasteiger partial charge < -0.3 is 25.1 Å². The molecule has 1 saturated heterocycles. The lowest BCUT2D eigenvalue weighted by molar-refractivity contribution is 0.0780. The molecule has 0 radical (unpaired) electrons. The van der Waals surface area contributed by atoms with Crippen molar-refractivity contribution >= 4 is 41.7 Å². The summed E-state index contributed by atoms with van der Waals surface area (Å²) in [4.78, 5) is 4.83. The Morgan fingerprint density at radius 1 is 1.09 bits per heavy atom. The number of hydrogen-bond donors (Lipinski definition) is 2. The topological polar surface area (TPSA) is 100 Å². The van der Waals surface area contributed by atoms with Gasteiger partial charge in [-0.2, -0.15) is 0 Å². The quantitative estimate of drug-likeness (QED) is 0.380. The minimum atomic E-state index is 0. The van der Waals surface area contributed by atoms with Crippen molar-refractivity contribution in [2.24, 2.45) is 0 Å². The van der Waals surface area contributed by atoms with Gasteiger partial charge in [0.2, 0.25) is 0 Å². The number of aromatic nitrogens is 4. The molecule has 33 heavy (non-hydrogen) atoms. The summed E-state index contributed by atoms with van der Waals surface area (Å²) in [7, 11) is 0. The van der Waals surface area contributed by atoms with E-state index >= 15 is 0 Å². The normalized spacial score (nSPS) is 14.3. The highest BCUT2D eigenvalue weighted by molar-refractivity contribution is 5.88. The summed E-state index contributed by atoms with van der Waals surface area (Å²) in [6.45, 7) is 9.99. The first-order valence-electron chi connectivity index (χ1n) is 12.1. The zero-order valence-electron chi connectivity index (χ0n) is 20.3. The van der Waals surface area contributed by atoms with Crippen LogP contribution in [0.2, 0.25) is 0 Å². The van der Waals surface area contributed by atoms with Crippen molar-refractivity contribution in [3.8, 4) is 5.88 Å². The number of nitrogens with one attached hydrogen (secondary N) is 1. The number of ether oxygens (including phenoxy) is 2. The van der Waals surface area contributed by atoms with Gasteiger partial charge in [0.15, 0.2) is 5.82 Å². The molecular formula is C23H42Cl2N6O2. The number of nitrogens with two attached hydrogens (primary N) is 1. The number of halogens is 2. The molecule has 1 fully saturated rings. The van der Waals surface area contributed by atoms with Crippen molar-refractivity contribution in [2.45, 2.75) is 97.2 Å². The molecule has 0 saturated carbocycles. The fourth-order valence-electron chi connectivity index (χ4n) is 4.11. The molecule has 2 aromatic rings. The van der Waals surface area contributed by atoms with E-state index in [0.717, 1.165) is 81.7 Å². The van der Waals surface area contributed by atoms with Gasteiger partial charge in [-0.25, -0.2) is 4.98 Å². The largest absolute Gasteiger partial charge is 0.472 e. The molecule has 190 valence electrons. The van der Waals surface area contributed by atoms with Crippen molar-refractivity contribution in [3.05, 3.63) is 5.82 Å². The molecule has 3 rings (SSSR count). The van der Waals surface area contributed by atoms with E-state index in [1.54, 1.807) is 0 Å². The molecular weight excluding hydrogens is 463 g/mol. The van der Waals surface area contributed by atoms with E-state index in [-0.39, 0.29) is 30.9 Å². The second kappa shape index (κ2) is 15.5. The van der Waals surface area contributed by atoms with Crippen LogP contribution in [0.1, 0.15) is 78.0 Å². The Labute approximate surface area is 210 Å². The van der Waals surface area contributed by atoms with Gasteiger partial charge >= 0.3 is 0 Å². The minimum Gasteiger partial charge on any atom is -0.472 e. The maximum Gasteiger partial charge on any atom is 0.260 e. The van der Waals surface area contributed by atoms with Crippen LogP contribution in [-0.2, 0) is 17.7 Å². The van der Waals surface area contributed by atoms with Crippen molar-refractivity contribution in [1.29, 1.82) is 0 Å². The Morgan fingerprint density at radius 2 is 1.82 bits per heavy atom. The number of aryl methyl sites for hydroxylation is 2. The highest BCUT2D eigenvalue weighted by Crippen LogP contribution is 2.29. The van der Waals surface area contributed by atoms with Gasteiger partial charge in [-0.15, -0.1) is 35.0 Å². The predicted octanol–water partition coefficient (Wildman–Crippen LogP) is 4.71. The fourth-order valence-corrected chi connectivity index (χ4v) is 4.11. The van der Waals surface area contributed by atoms with Gasteiger partial charge in [0, 0.05) is 32.2 Å². The number of unbranched alkanes of at least 4 members (excludes halogenated alkanes) is 4. The molecule has 8 nitrogen and oxygen atoms in total. The third-order valence-corrected chi connectivity index (χ3v) is 5.80. The van der Waals surface area contributed by atoms with Crippen LogP contribution in [0.5, 0.6) is 5.88 Å². The molecule has 0 atom stereocenters. The number of nitrogen functional groups attached to an aromatic ring is 1. The van der Waals surface area contributed by atoms with E-state index in [9.17, 15) is 0 Å². The van der Waals surface area contributed by atoms with Gasteiger partial charge in [0.25, 0.3) is 5.88 Å². The summed E-state index contributed by atoms with van der Waals surface area (Å²) < 4.78 is 13.6. The van der Waals surface area contributed by atoms with Crippen molar-refractivity contribution in [2.75, 3.05) is 25.5 Å². The molecule has 0 spiro atoms. The Morgan fingerprint density at radius 3 is 2.52 bits per heavy atom. The Hall–Kier alpha value is -1.35. The zero-order chi connectivity index (χ0) is 22.1. The van der Waals surface area contributed by atoms with Crippen LogP contribution in [0.3, 0.4) is 0 Å². The van der Waals surface area contributed by atoms with Crippen LogP contribution in [0.25, 0.3) is 11.0 Å². The van der Waals surface area contributed by atoms with Gasteiger partial charge in [-0.1, -0.05) is 26.2 Å². The number of anilines is 1. The molecule has 0 unspecified atom stereocenters. The molecule has 1 aliphatic heterocycles. The summed E-state index contributed by atoms with van der Waals surface area (Å²) in [5.41, 5.74) is 7.73. The maximum absolute atomic E-state index is 6.12. The van der Waals surface area contributed by atoms with Gasteiger partial charge in [0.05, 0.1) is 6.10 Å². The first-order valence-corrected chi connectivity index (χ1v) is 12.1. The van der Waals surface area contributed by atoms with Crippen molar-refractivity contribution in [3.63, 3.8) is 0 Å². The average Bonchev–Trinajstić information content (AvgIpc) is 3.13. The first kappa shape index (κ1) is 29.7. The molecule has 0 aliphatic carbocycles. The Balaban J connectivity index is 0.00000272. The fraction of sp³-hybridized carbons (Fsp3) is 0.783. The number of nitrogens with zero attached hydrogens (tertiary/aromatic N) is 4. The maximum atomic E-state index is 6.12. The molecule has 0 amide bonds. The zero-order valence-corrected chi connectivity index (χ0v) is 22.0. The van der Waals surface area contributed by atoms with Crippen LogP contribution in [0.4, 0.5) is 5.82 Å². The third-order valence-electron chi connectivity index (χ3n) is 5.80. The van der Waals surface area contributed by atoms with Gasteiger partial charge in [-0.3, -0.25) is 0 Å². The number of hydrogen-bond acceptors (Lipinski definition) is 7. The summed E-state index contributed by atoms with van der Waals surface area (Å²) in [5.74, 6) is 1.98.